The van der Waals surface area contributed by atoms with Crippen LogP contribution in [0.4, 0.5) is 0 Å². The normalized spacial score (nSPS) is 21.7. The number of nitrogens with zero attached hydrogens (tertiary/aromatic N) is 1. The van der Waals surface area contributed by atoms with Crippen LogP contribution in [0.25, 0.3) is 0 Å². The van der Waals surface area contributed by atoms with Gasteiger partial charge in [0, 0.05) is 25.7 Å². The Balaban J connectivity index is 2.31. The van der Waals surface area contributed by atoms with Gasteiger partial charge in [0.25, 0.3) is 0 Å². The number of nitrogens with one attached hydrogen (secondary N) is 1. The third-order valence-electron chi connectivity index (χ3n) is 3.73. The summed E-state index contributed by atoms with van der Waals surface area (Å²) < 4.78 is 5.75. The van der Waals surface area contributed by atoms with Crippen molar-refractivity contribution < 1.29 is 4.74 Å². The third kappa shape index (κ3) is 6.17. The molecule has 0 saturated carbocycles. The van der Waals surface area contributed by atoms with Gasteiger partial charge in [-0.15, -0.1) is 0 Å². The minimum Gasteiger partial charge on any atom is -0.377 e. The summed E-state index contributed by atoms with van der Waals surface area (Å²) in [6.07, 6.45) is 6.74. The Morgan fingerprint density at radius 1 is 1.28 bits per heavy atom. The zero-order chi connectivity index (χ0) is 13.2. The van der Waals surface area contributed by atoms with Gasteiger partial charge >= 0.3 is 0 Å². The zero-order valence-electron chi connectivity index (χ0n) is 12.6. The lowest BCUT2D eigenvalue weighted by Gasteiger charge is -2.29. The van der Waals surface area contributed by atoms with Crippen molar-refractivity contribution in [1.82, 2.24) is 10.2 Å². The molecule has 1 aliphatic rings. The molecule has 0 aromatic heterocycles. The molecule has 1 fully saturated rings. The highest BCUT2D eigenvalue weighted by Crippen LogP contribution is 2.13. The molecular formula is C15H32N2O. The maximum atomic E-state index is 5.75. The molecule has 108 valence electrons. The van der Waals surface area contributed by atoms with E-state index < -0.39 is 0 Å². The van der Waals surface area contributed by atoms with Crippen molar-refractivity contribution in [3.8, 4) is 0 Å². The lowest BCUT2D eigenvalue weighted by atomic mass is 10.1. The van der Waals surface area contributed by atoms with Gasteiger partial charge in [-0.05, 0) is 38.8 Å². The van der Waals surface area contributed by atoms with Crippen LogP contribution in [0.3, 0.4) is 0 Å². The fourth-order valence-corrected chi connectivity index (χ4v) is 2.68. The Morgan fingerprint density at radius 3 is 2.67 bits per heavy atom. The van der Waals surface area contributed by atoms with Crippen molar-refractivity contribution in [2.24, 2.45) is 0 Å². The topological polar surface area (TPSA) is 24.5 Å². The van der Waals surface area contributed by atoms with Gasteiger partial charge in [0.1, 0.15) is 0 Å². The molecule has 2 atom stereocenters. The molecule has 0 amide bonds. The molecule has 0 aromatic carbocycles. The van der Waals surface area contributed by atoms with Crippen LogP contribution < -0.4 is 5.32 Å². The summed E-state index contributed by atoms with van der Waals surface area (Å²) in [5.41, 5.74) is 0. The van der Waals surface area contributed by atoms with E-state index in [2.05, 4.69) is 31.0 Å². The van der Waals surface area contributed by atoms with Crippen LogP contribution >= 0.6 is 0 Å². The minimum atomic E-state index is 0.485. The smallest absolute Gasteiger partial charge is 0.0702 e. The maximum absolute atomic E-state index is 5.75. The molecule has 1 saturated heterocycles. The van der Waals surface area contributed by atoms with Crippen LogP contribution in [-0.2, 0) is 4.74 Å². The van der Waals surface area contributed by atoms with Gasteiger partial charge < -0.3 is 10.1 Å². The highest BCUT2D eigenvalue weighted by Gasteiger charge is 2.20. The van der Waals surface area contributed by atoms with E-state index in [-0.39, 0.29) is 0 Å². The Kier molecular flexibility index (Phi) is 8.64. The van der Waals surface area contributed by atoms with Gasteiger partial charge in [-0.3, -0.25) is 4.90 Å². The molecule has 18 heavy (non-hydrogen) atoms. The van der Waals surface area contributed by atoms with Crippen molar-refractivity contribution in [2.45, 2.75) is 65.0 Å². The van der Waals surface area contributed by atoms with Gasteiger partial charge in [-0.2, -0.15) is 0 Å². The predicted octanol–water partition coefficient (Wildman–Crippen LogP) is 2.66. The van der Waals surface area contributed by atoms with Crippen molar-refractivity contribution in [1.29, 1.82) is 0 Å². The van der Waals surface area contributed by atoms with Crippen LogP contribution in [0.15, 0.2) is 0 Å². The highest BCUT2D eigenvalue weighted by atomic mass is 16.5. The van der Waals surface area contributed by atoms with E-state index in [1.165, 1.54) is 38.6 Å². The standard InChI is InChI=1S/C15H32N2O/c1-4-8-14(16-10-5-2)12-17(6-3)13-15-9-7-11-18-15/h14-16H,4-13H2,1-3H3. The van der Waals surface area contributed by atoms with Crippen LogP contribution in [0.1, 0.15) is 52.9 Å². The fourth-order valence-electron chi connectivity index (χ4n) is 2.68. The van der Waals surface area contributed by atoms with E-state index in [1.807, 2.05) is 0 Å². The van der Waals surface area contributed by atoms with Crippen molar-refractivity contribution in [2.75, 3.05) is 32.8 Å². The summed E-state index contributed by atoms with van der Waals surface area (Å²) in [7, 11) is 0. The lowest BCUT2D eigenvalue weighted by Crippen LogP contribution is -2.43. The Morgan fingerprint density at radius 2 is 2.11 bits per heavy atom. The van der Waals surface area contributed by atoms with Crippen LogP contribution in [0.2, 0.25) is 0 Å². The molecule has 1 aliphatic heterocycles. The van der Waals surface area contributed by atoms with Gasteiger partial charge in [-0.1, -0.05) is 27.2 Å². The Labute approximate surface area is 113 Å². The fraction of sp³-hybridized carbons (Fsp3) is 1.00. The highest BCUT2D eigenvalue weighted by molar-refractivity contribution is 4.75. The van der Waals surface area contributed by atoms with E-state index in [0.717, 1.165) is 26.2 Å². The molecule has 2 unspecified atom stereocenters. The molecule has 0 aliphatic carbocycles. The van der Waals surface area contributed by atoms with Gasteiger partial charge in [0.15, 0.2) is 0 Å². The molecule has 0 aromatic rings. The van der Waals surface area contributed by atoms with E-state index in [4.69, 9.17) is 4.74 Å². The van der Waals surface area contributed by atoms with Crippen molar-refractivity contribution in [3.63, 3.8) is 0 Å². The van der Waals surface area contributed by atoms with E-state index >= 15 is 0 Å². The van der Waals surface area contributed by atoms with E-state index in [1.54, 1.807) is 0 Å². The SMILES string of the molecule is CCCNC(CCC)CN(CC)CC1CCCO1. The largest absolute Gasteiger partial charge is 0.377 e. The first kappa shape index (κ1) is 15.9. The number of hydrogen-bond acceptors (Lipinski definition) is 3. The van der Waals surface area contributed by atoms with Gasteiger partial charge in [0.2, 0.25) is 0 Å². The van der Waals surface area contributed by atoms with E-state index in [0.29, 0.717) is 12.1 Å². The zero-order valence-corrected chi connectivity index (χ0v) is 12.6. The number of rotatable bonds is 10. The van der Waals surface area contributed by atoms with Crippen LogP contribution in [-0.4, -0.2) is 49.8 Å². The van der Waals surface area contributed by atoms with Crippen LogP contribution in [0, 0.1) is 0 Å². The number of likely N-dealkylation sites (N-methyl/N-ethyl adjacent to an activating group) is 1. The van der Waals surface area contributed by atoms with E-state index in [9.17, 15) is 0 Å². The molecular weight excluding hydrogens is 224 g/mol. The molecule has 1 heterocycles. The summed E-state index contributed by atoms with van der Waals surface area (Å²) >= 11 is 0. The molecule has 3 heteroatoms. The first-order chi connectivity index (χ1) is 8.80. The minimum absolute atomic E-state index is 0.485. The second-order valence-electron chi connectivity index (χ2n) is 5.43. The molecule has 1 rings (SSSR count). The summed E-state index contributed by atoms with van der Waals surface area (Å²) in [4.78, 5) is 2.55. The quantitative estimate of drug-likeness (QED) is 0.650. The second kappa shape index (κ2) is 9.76. The third-order valence-corrected chi connectivity index (χ3v) is 3.73. The lowest BCUT2D eigenvalue weighted by molar-refractivity contribution is 0.0711. The predicted molar refractivity (Wildman–Crippen MR) is 78.1 cm³/mol. The first-order valence-electron chi connectivity index (χ1n) is 7.87. The molecule has 3 nitrogen and oxygen atoms in total. The first-order valence-corrected chi connectivity index (χ1v) is 7.87. The van der Waals surface area contributed by atoms with Crippen LogP contribution in [0.5, 0.6) is 0 Å². The Bertz CT molecular complexity index is 193. The van der Waals surface area contributed by atoms with Gasteiger partial charge in [-0.25, -0.2) is 0 Å². The average molecular weight is 256 g/mol. The maximum Gasteiger partial charge on any atom is 0.0702 e. The summed E-state index contributed by atoms with van der Waals surface area (Å²) in [6, 6.07) is 0.649. The molecule has 0 radical (unpaired) electrons. The number of ether oxygens (including phenoxy) is 1. The summed E-state index contributed by atoms with van der Waals surface area (Å²) in [5.74, 6) is 0. The number of hydrogen-bond donors (Lipinski definition) is 1. The summed E-state index contributed by atoms with van der Waals surface area (Å²) in [5, 5.41) is 3.68. The van der Waals surface area contributed by atoms with Crippen molar-refractivity contribution >= 4 is 0 Å². The molecule has 0 bridgehead atoms. The average Bonchev–Trinajstić information content (AvgIpc) is 2.88. The monoisotopic (exact) mass is 256 g/mol. The van der Waals surface area contributed by atoms with Gasteiger partial charge in [0.05, 0.1) is 6.10 Å². The molecule has 0 spiro atoms. The Hall–Kier alpha value is -0.120. The van der Waals surface area contributed by atoms with Crippen molar-refractivity contribution in [3.05, 3.63) is 0 Å². The summed E-state index contributed by atoms with van der Waals surface area (Å²) in [6.45, 7) is 12.3. The molecule has 1 N–H and O–H groups in total. The second-order valence-corrected chi connectivity index (χ2v) is 5.43.